The van der Waals surface area contributed by atoms with E-state index in [2.05, 4.69) is 5.32 Å². The number of carbonyl (C=O) groups excluding carboxylic acids is 1. The Labute approximate surface area is 162 Å². The maximum Gasteiger partial charge on any atom is 0.258 e. The number of ether oxygens (including phenoxy) is 2. The summed E-state index contributed by atoms with van der Waals surface area (Å²) in [6.07, 6.45) is 4.65. The van der Waals surface area contributed by atoms with Gasteiger partial charge in [0.05, 0.1) is 13.2 Å². The van der Waals surface area contributed by atoms with E-state index >= 15 is 0 Å². The Morgan fingerprint density at radius 1 is 1.30 bits per heavy atom. The first-order valence-corrected chi connectivity index (χ1v) is 9.74. The molecule has 1 N–H and O–H groups in total. The maximum absolute atomic E-state index is 13.6. The number of carbonyl (C=O) groups is 1. The monoisotopic (exact) mass is 387 g/mol. The molecule has 1 heterocycles. The van der Waals surface area contributed by atoms with Crippen molar-refractivity contribution in [3.05, 3.63) is 59.4 Å². The molecule has 142 valence electrons. The van der Waals surface area contributed by atoms with Crippen molar-refractivity contribution in [3.63, 3.8) is 0 Å². The average Bonchev–Trinajstić information content (AvgIpc) is 2.67. The van der Waals surface area contributed by atoms with E-state index in [9.17, 15) is 9.18 Å². The first kappa shape index (κ1) is 19.3. The molecule has 3 rings (SSSR count). The highest BCUT2D eigenvalue weighted by Crippen LogP contribution is 2.36. The number of nitrogens with one attached hydrogen (secondary N) is 1. The van der Waals surface area contributed by atoms with E-state index < -0.39 is 0 Å². The first-order chi connectivity index (χ1) is 13.1. The molecule has 0 saturated heterocycles. The van der Waals surface area contributed by atoms with E-state index in [1.54, 1.807) is 31.0 Å². The number of methoxy groups -OCH3 is 1. The van der Waals surface area contributed by atoms with Gasteiger partial charge in [-0.25, -0.2) is 4.39 Å². The Kier molecular flexibility index (Phi) is 6.40. The number of rotatable bonds is 6. The summed E-state index contributed by atoms with van der Waals surface area (Å²) in [5.74, 6) is 1.41. The molecule has 2 aromatic carbocycles. The molecular weight excluding hydrogens is 365 g/mol. The molecule has 0 aromatic heterocycles. The third kappa shape index (κ3) is 4.83. The largest absolute Gasteiger partial charge is 0.493 e. The number of amides is 1. The number of fused-ring (bicyclic) bond motifs is 1. The lowest BCUT2D eigenvalue weighted by Gasteiger charge is -2.26. The van der Waals surface area contributed by atoms with Crippen LogP contribution in [0.15, 0.2) is 47.4 Å². The van der Waals surface area contributed by atoms with Gasteiger partial charge in [0, 0.05) is 10.6 Å². The maximum atomic E-state index is 13.6. The second-order valence-corrected chi connectivity index (χ2v) is 7.28. The Bertz CT molecular complexity index is 853. The van der Waals surface area contributed by atoms with Gasteiger partial charge in [0.2, 0.25) is 0 Å². The van der Waals surface area contributed by atoms with E-state index in [1.807, 2.05) is 31.2 Å². The highest BCUT2D eigenvalue weighted by molar-refractivity contribution is 7.99. The van der Waals surface area contributed by atoms with E-state index in [4.69, 9.17) is 9.47 Å². The van der Waals surface area contributed by atoms with Crippen molar-refractivity contribution in [2.24, 2.45) is 0 Å². The third-order valence-corrected chi connectivity index (χ3v) is 5.37. The fourth-order valence-corrected chi connectivity index (χ4v) is 4.10. The number of thioether (sulfide) groups is 1. The summed E-state index contributed by atoms with van der Waals surface area (Å²) in [4.78, 5) is 13.4. The van der Waals surface area contributed by atoms with Gasteiger partial charge >= 0.3 is 0 Å². The minimum absolute atomic E-state index is 0.131. The molecule has 2 aromatic rings. The van der Waals surface area contributed by atoms with Crippen LogP contribution in [0.2, 0.25) is 0 Å². The van der Waals surface area contributed by atoms with Crippen LogP contribution < -0.4 is 14.8 Å². The second-order valence-electron chi connectivity index (χ2n) is 6.14. The third-order valence-electron chi connectivity index (χ3n) is 4.25. The van der Waals surface area contributed by atoms with Crippen LogP contribution in [0.5, 0.6) is 11.5 Å². The molecule has 1 aliphatic heterocycles. The molecular formula is C21H22FNO3S. The fourth-order valence-electron chi connectivity index (χ4n) is 2.99. The standard InChI is InChI=1S/C21H22FNO3S/c1-3-4-14-5-7-18(19(11-14)25-2)26-13-21(24)23-17-9-10-27-20-8-6-15(22)12-16(17)20/h3-8,11-12,17H,9-10,13H2,1-2H3,(H,23,24)/b4-3+. The smallest absolute Gasteiger partial charge is 0.258 e. The molecule has 1 aliphatic rings. The van der Waals surface area contributed by atoms with Crippen LogP contribution in [0.1, 0.15) is 30.5 Å². The lowest BCUT2D eigenvalue weighted by Crippen LogP contribution is -2.34. The van der Waals surface area contributed by atoms with Crippen molar-refractivity contribution in [3.8, 4) is 11.5 Å². The van der Waals surface area contributed by atoms with Gasteiger partial charge < -0.3 is 14.8 Å². The summed E-state index contributed by atoms with van der Waals surface area (Å²) in [6, 6.07) is 10.0. The van der Waals surface area contributed by atoms with E-state index in [0.29, 0.717) is 11.5 Å². The number of benzene rings is 2. The Morgan fingerprint density at radius 2 is 2.15 bits per heavy atom. The van der Waals surface area contributed by atoms with Crippen LogP contribution in [0, 0.1) is 5.82 Å². The number of halogens is 1. The summed E-state index contributed by atoms with van der Waals surface area (Å²) in [6.45, 7) is 1.81. The zero-order valence-electron chi connectivity index (χ0n) is 15.3. The molecule has 4 nitrogen and oxygen atoms in total. The van der Waals surface area contributed by atoms with Crippen LogP contribution in [0.4, 0.5) is 4.39 Å². The molecule has 0 fully saturated rings. The predicted molar refractivity (Wildman–Crippen MR) is 106 cm³/mol. The normalized spacial score (nSPS) is 16.0. The topological polar surface area (TPSA) is 47.6 Å². The van der Waals surface area contributed by atoms with Crippen LogP contribution in [-0.4, -0.2) is 25.4 Å². The zero-order valence-corrected chi connectivity index (χ0v) is 16.1. The molecule has 1 amide bonds. The van der Waals surface area contributed by atoms with E-state index in [-0.39, 0.29) is 24.4 Å². The summed E-state index contributed by atoms with van der Waals surface area (Å²) in [7, 11) is 1.56. The summed E-state index contributed by atoms with van der Waals surface area (Å²) in [5.41, 5.74) is 1.82. The van der Waals surface area contributed by atoms with Gasteiger partial charge in [-0.2, -0.15) is 0 Å². The number of allylic oxidation sites excluding steroid dienone is 1. The molecule has 0 saturated carbocycles. The van der Waals surface area contributed by atoms with Gasteiger partial charge in [-0.3, -0.25) is 4.79 Å². The van der Waals surface area contributed by atoms with Gasteiger partial charge in [0.1, 0.15) is 5.82 Å². The highest BCUT2D eigenvalue weighted by atomic mass is 32.2. The van der Waals surface area contributed by atoms with Gasteiger partial charge in [-0.05, 0) is 54.8 Å². The Balaban J connectivity index is 1.64. The van der Waals surface area contributed by atoms with Crippen LogP contribution in [-0.2, 0) is 4.79 Å². The molecule has 0 radical (unpaired) electrons. The predicted octanol–water partition coefficient (Wildman–Crippen LogP) is 4.60. The SMILES string of the molecule is C/C=C/c1ccc(OCC(=O)NC2CCSc3ccc(F)cc32)c(OC)c1. The number of hydrogen-bond donors (Lipinski definition) is 1. The van der Waals surface area contributed by atoms with E-state index in [1.165, 1.54) is 12.1 Å². The quantitative estimate of drug-likeness (QED) is 0.787. The number of hydrogen-bond acceptors (Lipinski definition) is 4. The van der Waals surface area contributed by atoms with Crippen LogP contribution in [0.3, 0.4) is 0 Å². The Morgan fingerprint density at radius 3 is 2.93 bits per heavy atom. The minimum atomic E-state index is -0.294. The van der Waals surface area contributed by atoms with E-state index in [0.717, 1.165) is 28.2 Å². The molecule has 1 atom stereocenters. The van der Waals surface area contributed by atoms with Gasteiger partial charge in [0.25, 0.3) is 5.91 Å². The van der Waals surface area contributed by atoms with Crippen LogP contribution >= 0.6 is 11.8 Å². The van der Waals surface area contributed by atoms with Gasteiger partial charge in [-0.15, -0.1) is 11.8 Å². The molecule has 0 bridgehead atoms. The van der Waals surface area contributed by atoms with Crippen LogP contribution in [0.25, 0.3) is 6.08 Å². The zero-order chi connectivity index (χ0) is 19.2. The molecule has 0 spiro atoms. The second kappa shape index (κ2) is 8.95. The fraction of sp³-hybridized carbons (Fsp3) is 0.286. The molecule has 0 aliphatic carbocycles. The van der Waals surface area contributed by atoms with Crippen molar-refractivity contribution in [2.45, 2.75) is 24.3 Å². The van der Waals surface area contributed by atoms with Crippen molar-refractivity contribution in [2.75, 3.05) is 19.5 Å². The summed E-state index contributed by atoms with van der Waals surface area (Å²) >= 11 is 1.68. The molecule has 27 heavy (non-hydrogen) atoms. The van der Waals surface area contributed by atoms with Gasteiger partial charge in [0.15, 0.2) is 18.1 Å². The highest BCUT2D eigenvalue weighted by Gasteiger charge is 2.23. The Hall–Kier alpha value is -2.47. The summed E-state index contributed by atoms with van der Waals surface area (Å²) in [5, 5.41) is 2.95. The van der Waals surface area contributed by atoms with Crippen molar-refractivity contribution < 1.29 is 18.7 Å². The van der Waals surface area contributed by atoms with Gasteiger partial charge in [-0.1, -0.05) is 18.2 Å². The lowest BCUT2D eigenvalue weighted by molar-refractivity contribution is -0.123. The molecule has 1 unspecified atom stereocenters. The average molecular weight is 387 g/mol. The summed E-state index contributed by atoms with van der Waals surface area (Å²) < 4.78 is 24.6. The lowest BCUT2D eigenvalue weighted by atomic mass is 10.0. The first-order valence-electron chi connectivity index (χ1n) is 8.76. The minimum Gasteiger partial charge on any atom is -0.493 e. The molecule has 6 heteroatoms. The van der Waals surface area contributed by atoms with Crippen molar-refractivity contribution >= 4 is 23.7 Å². The van der Waals surface area contributed by atoms with Crippen molar-refractivity contribution in [1.82, 2.24) is 5.32 Å². The van der Waals surface area contributed by atoms with Crippen molar-refractivity contribution in [1.29, 1.82) is 0 Å².